The molecule has 0 bridgehead atoms. The zero-order valence-corrected chi connectivity index (χ0v) is 11.6. The molecule has 1 atom stereocenters. The van der Waals surface area contributed by atoms with Crippen LogP contribution in [0.1, 0.15) is 23.7 Å². The molecule has 106 valence electrons. The fourth-order valence-corrected chi connectivity index (χ4v) is 3.07. The van der Waals surface area contributed by atoms with Gasteiger partial charge < -0.3 is 15.7 Å². The number of nitrogen functional groups attached to an aromatic ring is 1. The summed E-state index contributed by atoms with van der Waals surface area (Å²) in [5.41, 5.74) is 6.45. The number of carbonyl (C=O) groups excluding carboxylic acids is 2. The topological polar surface area (TPSA) is 101 Å². The predicted octanol–water partition coefficient (Wildman–Crippen LogP) is 1.35. The summed E-state index contributed by atoms with van der Waals surface area (Å²) >= 11 is 1.13. The highest BCUT2D eigenvalue weighted by molar-refractivity contribution is 8.14. The van der Waals surface area contributed by atoms with Crippen molar-refractivity contribution in [2.45, 2.75) is 18.6 Å². The van der Waals surface area contributed by atoms with Crippen molar-refractivity contribution in [3.63, 3.8) is 0 Å². The minimum absolute atomic E-state index is 0.0375. The number of carboxylic acids is 1. The average Bonchev–Trinajstić information content (AvgIpc) is 2.68. The van der Waals surface area contributed by atoms with Gasteiger partial charge in [-0.1, -0.05) is 11.8 Å². The number of benzene rings is 1. The molecule has 3 N–H and O–H groups in total. The fourth-order valence-electron chi connectivity index (χ4n) is 2.15. The molecule has 0 aromatic heterocycles. The lowest BCUT2D eigenvalue weighted by Gasteiger charge is -2.17. The minimum atomic E-state index is -1.10. The third-order valence-corrected chi connectivity index (χ3v) is 3.90. The van der Waals surface area contributed by atoms with Crippen LogP contribution in [0.25, 0.3) is 0 Å². The molecule has 0 radical (unpaired) electrons. The van der Waals surface area contributed by atoms with Crippen LogP contribution >= 0.6 is 11.8 Å². The molecule has 0 aliphatic carbocycles. The number of nitrogens with zero attached hydrogens (tertiary/aromatic N) is 1. The van der Waals surface area contributed by atoms with Crippen LogP contribution < -0.4 is 10.6 Å². The van der Waals surface area contributed by atoms with Gasteiger partial charge in [-0.2, -0.15) is 0 Å². The molecule has 1 aliphatic heterocycles. The summed E-state index contributed by atoms with van der Waals surface area (Å²) in [6, 6.07) is 4.32. The number of carboxylic acid groups (broad SMARTS) is 1. The van der Waals surface area contributed by atoms with Crippen molar-refractivity contribution < 1.29 is 19.5 Å². The molecule has 2 rings (SSSR count). The van der Waals surface area contributed by atoms with Crippen LogP contribution in [-0.4, -0.2) is 33.9 Å². The van der Waals surface area contributed by atoms with Crippen LogP contribution in [0.2, 0.25) is 0 Å². The van der Waals surface area contributed by atoms with Gasteiger partial charge in [-0.05, 0) is 18.2 Å². The Morgan fingerprint density at radius 1 is 1.40 bits per heavy atom. The Morgan fingerprint density at radius 3 is 2.70 bits per heavy atom. The second-order valence-corrected chi connectivity index (χ2v) is 6.04. The largest absolute Gasteiger partial charge is 0.478 e. The van der Waals surface area contributed by atoms with Crippen molar-refractivity contribution >= 4 is 40.1 Å². The van der Waals surface area contributed by atoms with Gasteiger partial charge in [0.15, 0.2) is 5.12 Å². The van der Waals surface area contributed by atoms with Gasteiger partial charge in [-0.15, -0.1) is 0 Å². The smallest absolute Gasteiger partial charge is 0.335 e. The van der Waals surface area contributed by atoms with Gasteiger partial charge in [0.25, 0.3) is 0 Å². The number of hydrogen-bond donors (Lipinski definition) is 2. The maximum Gasteiger partial charge on any atom is 0.335 e. The maximum absolute atomic E-state index is 12.0. The van der Waals surface area contributed by atoms with Crippen molar-refractivity contribution in [2.24, 2.45) is 0 Å². The van der Waals surface area contributed by atoms with Gasteiger partial charge in [-0.25, -0.2) is 4.79 Å². The second kappa shape index (κ2) is 5.54. The first-order chi connectivity index (χ1) is 9.36. The van der Waals surface area contributed by atoms with Crippen molar-refractivity contribution in [1.82, 2.24) is 0 Å². The summed E-state index contributed by atoms with van der Waals surface area (Å²) in [5.74, 6) is -1.23. The number of carbonyl (C=O) groups is 3. The van der Waals surface area contributed by atoms with Gasteiger partial charge in [0, 0.05) is 36.5 Å². The number of hydrogen-bond acceptors (Lipinski definition) is 5. The van der Waals surface area contributed by atoms with Crippen molar-refractivity contribution in [3.8, 4) is 0 Å². The van der Waals surface area contributed by atoms with E-state index in [9.17, 15) is 14.4 Å². The summed E-state index contributed by atoms with van der Waals surface area (Å²) in [6.45, 7) is 1.84. The number of thioether (sulfide) groups is 1. The Labute approximate surface area is 119 Å². The molecule has 0 saturated carbocycles. The summed E-state index contributed by atoms with van der Waals surface area (Å²) in [4.78, 5) is 35.5. The monoisotopic (exact) mass is 294 g/mol. The summed E-state index contributed by atoms with van der Waals surface area (Å²) in [6.07, 6.45) is 0.265. The normalized spacial score (nSPS) is 18.4. The van der Waals surface area contributed by atoms with Crippen LogP contribution in [0.3, 0.4) is 0 Å². The first-order valence-corrected chi connectivity index (χ1v) is 6.86. The van der Waals surface area contributed by atoms with Crippen LogP contribution in [0.5, 0.6) is 0 Å². The van der Waals surface area contributed by atoms with E-state index in [0.717, 1.165) is 11.8 Å². The highest BCUT2D eigenvalue weighted by Crippen LogP contribution is 2.30. The summed E-state index contributed by atoms with van der Waals surface area (Å²) < 4.78 is 0. The van der Waals surface area contributed by atoms with Crippen molar-refractivity contribution in [3.05, 3.63) is 23.8 Å². The van der Waals surface area contributed by atoms with Gasteiger partial charge in [0.05, 0.1) is 5.56 Å². The summed E-state index contributed by atoms with van der Waals surface area (Å²) in [7, 11) is 0. The van der Waals surface area contributed by atoms with Crippen LogP contribution in [-0.2, 0) is 9.59 Å². The number of aromatic carboxylic acids is 1. The van der Waals surface area contributed by atoms with E-state index in [1.54, 1.807) is 6.07 Å². The van der Waals surface area contributed by atoms with E-state index in [1.807, 2.05) is 0 Å². The molecule has 1 aromatic carbocycles. The fraction of sp³-hybridized carbons (Fsp3) is 0.308. The Hall–Kier alpha value is -2.02. The Kier molecular flexibility index (Phi) is 3.99. The molecule has 1 saturated heterocycles. The first-order valence-electron chi connectivity index (χ1n) is 5.98. The Morgan fingerprint density at radius 2 is 2.10 bits per heavy atom. The van der Waals surface area contributed by atoms with E-state index in [0.29, 0.717) is 12.2 Å². The first kappa shape index (κ1) is 14.4. The molecule has 7 heteroatoms. The van der Waals surface area contributed by atoms with Gasteiger partial charge in [0.1, 0.15) is 0 Å². The molecule has 1 fully saturated rings. The van der Waals surface area contributed by atoms with E-state index >= 15 is 0 Å². The van der Waals surface area contributed by atoms with Crippen molar-refractivity contribution in [1.29, 1.82) is 0 Å². The lowest BCUT2D eigenvalue weighted by molar-refractivity contribution is -0.117. The SMILES string of the molecule is CC(=O)SC1CC(=O)N(c2cc(N)cc(C(=O)O)c2)C1. The van der Waals surface area contributed by atoms with Crippen LogP contribution in [0.4, 0.5) is 11.4 Å². The summed E-state index contributed by atoms with van der Waals surface area (Å²) in [5, 5.41) is 8.86. The van der Waals surface area contributed by atoms with E-state index in [4.69, 9.17) is 10.8 Å². The highest BCUT2D eigenvalue weighted by Gasteiger charge is 2.32. The molecule has 20 heavy (non-hydrogen) atoms. The molecule has 6 nitrogen and oxygen atoms in total. The van der Waals surface area contributed by atoms with Gasteiger partial charge in [0.2, 0.25) is 5.91 Å². The molecular formula is C13H14N2O4S. The lowest BCUT2D eigenvalue weighted by Crippen LogP contribution is -2.25. The number of anilines is 2. The number of amides is 1. The molecule has 1 aliphatic rings. The molecular weight excluding hydrogens is 280 g/mol. The quantitative estimate of drug-likeness (QED) is 0.816. The molecule has 1 amide bonds. The Bertz CT molecular complexity index is 588. The second-order valence-electron chi connectivity index (χ2n) is 4.56. The number of nitrogens with two attached hydrogens (primary N) is 1. The zero-order chi connectivity index (χ0) is 14.9. The third-order valence-electron chi connectivity index (χ3n) is 2.92. The standard InChI is InChI=1S/C13H14N2O4S/c1-7(16)20-11-5-12(17)15(6-11)10-3-8(13(18)19)2-9(14)4-10/h2-4,11H,5-6,14H2,1H3,(H,18,19). The average molecular weight is 294 g/mol. The predicted molar refractivity (Wildman–Crippen MR) is 76.8 cm³/mol. The van der Waals surface area contributed by atoms with Crippen molar-refractivity contribution in [2.75, 3.05) is 17.2 Å². The highest BCUT2D eigenvalue weighted by atomic mass is 32.2. The molecule has 1 unspecified atom stereocenters. The van der Waals surface area contributed by atoms with E-state index in [2.05, 4.69) is 0 Å². The van der Waals surface area contributed by atoms with Crippen LogP contribution in [0.15, 0.2) is 18.2 Å². The molecule has 1 heterocycles. The lowest BCUT2D eigenvalue weighted by atomic mass is 10.1. The minimum Gasteiger partial charge on any atom is -0.478 e. The van der Waals surface area contributed by atoms with Gasteiger partial charge >= 0.3 is 5.97 Å². The van der Waals surface area contributed by atoms with Gasteiger partial charge in [-0.3, -0.25) is 9.59 Å². The molecule has 1 aromatic rings. The van der Waals surface area contributed by atoms with E-state index in [-0.39, 0.29) is 33.9 Å². The zero-order valence-electron chi connectivity index (χ0n) is 10.8. The number of rotatable bonds is 3. The van der Waals surface area contributed by atoms with E-state index < -0.39 is 5.97 Å². The van der Waals surface area contributed by atoms with E-state index in [1.165, 1.54) is 24.0 Å². The maximum atomic E-state index is 12.0. The third kappa shape index (κ3) is 3.11. The van der Waals surface area contributed by atoms with Crippen LogP contribution in [0, 0.1) is 0 Å². The Balaban J connectivity index is 2.25. The molecule has 0 spiro atoms.